The lowest BCUT2D eigenvalue weighted by atomic mass is 10.1. The van der Waals surface area contributed by atoms with Crippen molar-refractivity contribution in [3.05, 3.63) is 40.1 Å². The largest absolute Gasteiger partial charge is 0.383 e. The van der Waals surface area contributed by atoms with Crippen molar-refractivity contribution in [3.8, 4) is 0 Å². The van der Waals surface area contributed by atoms with E-state index in [-0.39, 0.29) is 12.1 Å². The van der Waals surface area contributed by atoms with Crippen molar-refractivity contribution in [2.75, 3.05) is 20.3 Å². The van der Waals surface area contributed by atoms with Gasteiger partial charge in [0.2, 0.25) is 0 Å². The molecule has 1 aromatic carbocycles. The highest BCUT2D eigenvalue weighted by Crippen LogP contribution is 2.23. The summed E-state index contributed by atoms with van der Waals surface area (Å²) in [6.45, 7) is 5.55. The fraction of sp³-hybridized carbons (Fsp3) is 0.500. The third-order valence-corrected chi connectivity index (χ3v) is 3.85. The molecule has 2 rings (SSSR count). The number of rotatable bonds is 7. The van der Waals surface area contributed by atoms with Crippen molar-refractivity contribution in [1.82, 2.24) is 25.5 Å². The van der Waals surface area contributed by atoms with Gasteiger partial charge in [0.1, 0.15) is 0 Å². The molecule has 2 unspecified atom stereocenters. The van der Waals surface area contributed by atoms with Gasteiger partial charge in [-0.05, 0) is 42.0 Å². The topological polar surface area (TPSA) is 64.9 Å². The van der Waals surface area contributed by atoms with Crippen LogP contribution in [-0.2, 0) is 4.74 Å². The standard InChI is InChI=1S/C14H20BrN5O/c1-10(16-7-8-21-3)14-17-18-19-20(14)11(2)12-5-4-6-13(15)9-12/h4-6,9-11,16H,7-8H2,1-3H3. The van der Waals surface area contributed by atoms with Crippen molar-refractivity contribution in [1.29, 1.82) is 0 Å². The van der Waals surface area contributed by atoms with Gasteiger partial charge in [-0.1, -0.05) is 28.1 Å². The SMILES string of the molecule is COCCNC(C)c1nnnn1C(C)c1cccc(Br)c1. The maximum atomic E-state index is 5.04. The van der Waals surface area contributed by atoms with Crippen LogP contribution in [0.1, 0.15) is 37.3 Å². The van der Waals surface area contributed by atoms with Crippen LogP contribution >= 0.6 is 15.9 Å². The summed E-state index contributed by atoms with van der Waals surface area (Å²) in [5.41, 5.74) is 1.15. The van der Waals surface area contributed by atoms with Crippen LogP contribution in [0.3, 0.4) is 0 Å². The predicted molar refractivity (Wildman–Crippen MR) is 84.1 cm³/mol. The fourth-order valence-corrected chi connectivity index (χ4v) is 2.55. The zero-order chi connectivity index (χ0) is 15.2. The van der Waals surface area contributed by atoms with Crippen LogP contribution in [0.2, 0.25) is 0 Å². The fourth-order valence-electron chi connectivity index (χ4n) is 2.14. The summed E-state index contributed by atoms with van der Waals surface area (Å²) >= 11 is 3.50. The second kappa shape index (κ2) is 7.63. The minimum atomic E-state index is 0.0600. The van der Waals surface area contributed by atoms with Gasteiger partial charge < -0.3 is 10.1 Å². The summed E-state index contributed by atoms with van der Waals surface area (Å²) in [4.78, 5) is 0. The number of tetrazole rings is 1. The van der Waals surface area contributed by atoms with Gasteiger partial charge in [0.05, 0.1) is 18.7 Å². The first-order valence-corrected chi connectivity index (χ1v) is 7.68. The van der Waals surface area contributed by atoms with E-state index in [9.17, 15) is 0 Å². The van der Waals surface area contributed by atoms with Gasteiger partial charge >= 0.3 is 0 Å². The first-order chi connectivity index (χ1) is 10.1. The van der Waals surface area contributed by atoms with Gasteiger partial charge in [-0.3, -0.25) is 0 Å². The molecule has 1 aromatic heterocycles. The number of ether oxygens (including phenoxy) is 1. The van der Waals surface area contributed by atoms with Crippen LogP contribution in [0.25, 0.3) is 0 Å². The molecule has 21 heavy (non-hydrogen) atoms. The number of hydrogen-bond donors (Lipinski definition) is 1. The van der Waals surface area contributed by atoms with Crippen LogP contribution in [0.15, 0.2) is 28.7 Å². The molecular formula is C14H20BrN5O. The van der Waals surface area contributed by atoms with E-state index in [2.05, 4.69) is 55.8 Å². The van der Waals surface area contributed by atoms with Gasteiger partial charge in [0, 0.05) is 18.1 Å². The third-order valence-electron chi connectivity index (χ3n) is 3.36. The molecule has 0 bridgehead atoms. The molecule has 2 aromatic rings. The summed E-state index contributed by atoms with van der Waals surface area (Å²) in [5.74, 6) is 0.818. The number of methoxy groups -OCH3 is 1. The number of halogens is 1. The molecule has 0 aliphatic rings. The molecule has 0 saturated carbocycles. The lowest BCUT2D eigenvalue weighted by Gasteiger charge is -2.18. The van der Waals surface area contributed by atoms with Gasteiger partial charge in [-0.15, -0.1) is 5.10 Å². The van der Waals surface area contributed by atoms with E-state index in [0.29, 0.717) is 6.61 Å². The molecule has 0 aliphatic carbocycles. The lowest BCUT2D eigenvalue weighted by Crippen LogP contribution is -2.26. The van der Waals surface area contributed by atoms with E-state index in [1.165, 1.54) is 0 Å². The molecule has 0 aliphatic heterocycles. The van der Waals surface area contributed by atoms with E-state index in [0.717, 1.165) is 22.4 Å². The Labute approximate surface area is 133 Å². The second-order valence-electron chi connectivity index (χ2n) is 4.88. The van der Waals surface area contributed by atoms with Crippen molar-refractivity contribution < 1.29 is 4.74 Å². The van der Waals surface area contributed by atoms with Gasteiger partial charge in [-0.25, -0.2) is 4.68 Å². The molecule has 1 N–H and O–H groups in total. The van der Waals surface area contributed by atoms with Crippen LogP contribution in [0, 0.1) is 0 Å². The first-order valence-electron chi connectivity index (χ1n) is 6.89. The zero-order valence-electron chi connectivity index (χ0n) is 12.5. The lowest BCUT2D eigenvalue weighted by molar-refractivity contribution is 0.195. The van der Waals surface area contributed by atoms with E-state index in [4.69, 9.17) is 4.74 Å². The van der Waals surface area contributed by atoms with Crippen molar-refractivity contribution in [2.45, 2.75) is 25.9 Å². The molecule has 0 amide bonds. The van der Waals surface area contributed by atoms with Gasteiger partial charge in [0.25, 0.3) is 0 Å². The normalized spacial score (nSPS) is 14.1. The molecule has 114 valence electrons. The highest BCUT2D eigenvalue weighted by atomic mass is 79.9. The summed E-state index contributed by atoms with van der Waals surface area (Å²) in [7, 11) is 1.69. The van der Waals surface area contributed by atoms with Crippen LogP contribution < -0.4 is 5.32 Å². The Kier molecular flexibility index (Phi) is 5.84. The van der Waals surface area contributed by atoms with Crippen molar-refractivity contribution >= 4 is 15.9 Å². The Bertz CT molecular complexity index is 574. The van der Waals surface area contributed by atoms with Crippen LogP contribution in [0.5, 0.6) is 0 Å². The van der Waals surface area contributed by atoms with E-state index in [1.807, 2.05) is 23.7 Å². The summed E-state index contributed by atoms with van der Waals surface area (Å²) in [6, 6.07) is 8.30. The summed E-state index contributed by atoms with van der Waals surface area (Å²) in [6.07, 6.45) is 0. The molecule has 7 heteroatoms. The molecule has 6 nitrogen and oxygen atoms in total. The maximum absolute atomic E-state index is 5.04. The minimum absolute atomic E-state index is 0.0600. The molecule has 2 atom stereocenters. The monoisotopic (exact) mass is 353 g/mol. The zero-order valence-corrected chi connectivity index (χ0v) is 14.0. The van der Waals surface area contributed by atoms with E-state index in [1.54, 1.807) is 7.11 Å². The molecule has 0 radical (unpaired) electrons. The molecule has 0 saturated heterocycles. The number of benzene rings is 1. The Morgan fingerprint density at radius 1 is 1.38 bits per heavy atom. The van der Waals surface area contributed by atoms with E-state index < -0.39 is 0 Å². The molecular weight excluding hydrogens is 334 g/mol. The smallest absolute Gasteiger partial charge is 0.168 e. The Morgan fingerprint density at radius 3 is 2.90 bits per heavy atom. The van der Waals surface area contributed by atoms with Crippen molar-refractivity contribution in [2.24, 2.45) is 0 Å². The molecule has 0 fully saturated rings. The van der Waals surface area contributed by atoms with E-state index >= 15 is 0 Å². The highest BCUT2D eigenvalue weighted by Gasteiger charge is 2.19. The van der Waals surface area contributed by atoms with Gasteiger partial charge in [0.15, 0.2) is 5.82 Å². The number of nitrogens with zero attached hydrogens (tertiary/aromatic N) is 4. The second-order valence-corrected chi connectivity index (χ2v) is 5.80. The van der Waals surface area contributed by atoms with Crippen LogP contribution in [0.4, 0.5) is 0 Å². The Balaban J connectivity index is 2.15. The summed E-state index contributed by atoms with van der Waals surface area (Å²) in [5, 5.41) is 15.5. The highest BCUT2D eigenvalue weighted by molar-refractivity contribution is 9.10. The number of nitrogens with one attached hydrogen (secondary N) is 1. The third kappa shape index (κ3) is 4.09. The predicted octanol–water partition coefficient (Wildman–Crippen LogP) is 2.34. The quantitative estimate of drug-likeness (QED) is 0.774. The maximum Gasteiger partial charge on any atom is 0.168 e. The minimum Gasteiger partial charge on any atom is -0.383 e. The Hall–Kier alpha value is -1.31. The van der Waals surface area contributed by atoms with Gasteiger partial charge in [-0.2, -0.15) is 0 Å². The first kappa shape index (κ1) is 16.1. The molecule has 1 heterocycles. The Morgan fingerprint density at radius 2 is 2.19 bits per heavy atom. The number of hydrogen-bond acceptors (Lipinski definition) is 5. The van der Waals surface area contributed by atoms with Crippen LogP contribution in [-0.4, -0.2) is 40.5 Å². The summed E-state index contributed by atoms with van der Waals surface area (Å²) < 4.78 is 7.95. The average Bonchev–Trinajstić information content (AvgIpc) is 2.96. The number of aromatic nitrogens is 4. The molecule has 0 spiro atoms. The average molecular weight is 354 g/mol. The van der Waals surface area contributed by atoms with Crippen molar-refractivity contribution in [3.63, 3.8) is 0 Å².